The van der Waals surface area contributed by atoms with Gasteiger partial charge in [-0.3, -0.25) is 0 Å². The molecule has 0 aliphatic carbocycles. The molecule has 8 heteroatoms. The Bertz CT molecular complexity index is 840. The lowest BCUT2D eigenvalue weighted by molar-refractivity contribution is 0.0204. The van der Waals surface area contributed by atoms with Crippen molar-refractivity contribution in [1.29, 1.82) is 0 Å². The van der Waals surface area contributed by atoms with E-state index in [-0.39, 0.29) is 12.7 Å². The van der Waals surface area contributed by atoms with E-state index in [0.717, 1.165) is 29.1 Å². The predicted octanol–water partition coefficient (Wildman–Crippen LogP) is 4.68. The molecule has 1 aliphatic heterocycles. The molecule has 162 valence electrons. The van der Waals surface area contributed by atoms with E-state index in [4.69, 9.17) is 9.47 Å². The van der Waals surface area contributed by atoms with Crippen molar-refractivity contribution in [2.45, 2.75) is 58.3 Å². The van der Waals surface area contributed by atoms with Crippen molar-refractivity contribution < 1.29 is 19.1 Å². The van der Waals surface area contributed by atoms with E-state index in [1.807, 2.05) is 56.5 Å². The molecule has 1 N–H and O–H groups in total. The highest BCUT2D eigenvalue weighted by Gasteiger charge is 2.28. The number of hydrogen-bond acceptors (Lipinski definition) is 6. The number of carbonyl (C=O) groups excluding carboxylic acids is 2. The molecular formula is C22H29N3O4S. The van der Waals surface area contributed by atoms with E-state index in [9.17, 15) is 9.59 Å². The predicted molar refractivity (Wildman–Crippen MR) is 115 cm³/mol. The maximum Gasteiger partial charge on any atom is 0.410 e. The number of nitrogens with zero attached hydrogens (tertiary/aromatic N) is 2. The van der Waals surface area contributed by atoms with Gasteiger partial charge in [-0.15, -0.1) is 11.3 Å². The number of alkyl carbamates (subject to hydrolysis) is 1. The molecule has 0 saturated carbocycles. The van der Waals surface area contributed by atoms with Gasteiger partial charge in [-0.05, 0) is 39.2 Å². The van der Waals surface area contributed by atoms with E-state index < -0.39 is 11.7 Å². The second-order valence-electron chi connectivity index (χ2n) is 8.32. The third-order valence-electron chi connectivity index (χ3n) is 4.73. The van der Waals surface area contributed by atoms with Gasteiger partial charge >= 0.3 is 12.2 Å². The zero-order valence-corrected chi connectivity index (χ0v) is 18.5. The van der Waals surface area contributed by atoms with Gasteiger partial charge in [0.25, 0.3) is 0 Å². The fourth-order valence-corrected chi connectivity index (χ4v) is 4.02. The number of nitrogens with one attached hydrogen (secondary N) is 1. The van der Waals surface area contributed by atoms with Crippen LogP contribution in [0, 0.1) is 0 Å². The van der Waals surface area contributed by atoms with E-state index in [2.05, 4.69) is 10.3 Å². The number of aromatic nitrogens is 1. The SMILES string of the molecule is CC(C)(C)OC(=O)N1CCC(c2csc(CNC(=O)OCc3ccccc3)n2)CC1. The molecule has 1 aliphatic rings. The summed E-state index contributed by atoms with van der Waals surface area (Å²) in [6, 6.07) is 9.56. The molecule has 0 unspecified atom stereocenters. The van der Waals surface area contributed by atoms with Gasteiger partial charge in [0.2, 0.25) is 0 Å². The Morgan fingerprint density at radius 1 is 1.20 bits per heavy atom. The van der Waals surface area contributed by atoms with Crippen LogP contribution in [0.5, 0.6) is 0 Å². The monoisotopic (exact) mass is 431 g/mol. The summed E-state index contributed by atoms with van der Waals surface area (Å²) in [7, 11) is 0. The average molecular weight is 432 g/mol. The first-order valence-corrected chi connectivity index (χ1v) is 11.0. The lowest BCUT2D eigenvalue weighted by Crippen LogP contribution is -2.41. The number of piperidine rings is 1. The quantitative estimate of drug-likeness (QED) is 0.743. The molecule has 2 aromatic rings. The van der Waals surface area contributed by atoms with Crippen LogP contribution in [0.15, 0.2) is 35.7 Å². The van der Waals surface area contributed by atoms with E-state index in [1.165, 1.54) is 11.3 Å². The zero-order valence-electron chi connectivity index (χ0n) is 17.7. The van der Waals surface area contributed by atoms with Gasteiger partial charge in [0.1, 0.15) is 17.2 Å². The highest BCUT2D eigenvalue weighted by atomic mass is 32.1. The van der Waals surface area contributed by atoms with E-state index >= 15 is 0 Å². The van der Waals surface area contributed by atoms with Crippen LogP contribution in [-0.4, -0.2) is 40.8 Å². The van der Waals surface area contributed by atoms with E-state index in [0.29, 0.717) is 25.6 Å². The number of ether oxygens (including phenoxy) is 2. The number of amides is 2. The van der Waals surface area contributed by atoms with Crippen molar-refractivity contribution >= 4 is 23.5 Å². The number of benzene rings is 1. The smallest absolute Gasteiger partial charge is 0.410 e. The second kappa shape index (κ2) is 9.93. The summed E-state index contributed by atoms with van der Waals surface area (Å²) in [6.07, 6.45) is 1.00. The Labute approximate surface area is 181 Å². The van der Waals surface area contributed by atoms with Crippen molar-refractivity contribution in [2.75, 3.05) is 13.1 Å². The molecule has 1 aromatic carbocycles. The minimum absolute atomic E-state index is 0.242. The van der Waals surface area contributed by atoms with Crippen LogP contribution in [0.3, 0.4) is 0 Å². The van der Waals surface area contributed by atoms with Crippen molar-refractivity contribution in [1.82, 2.24) is 15.2 Å². The van der Waals surface area contributed by atoms with Crippen molar-refractivity contribution in [3.8, 4) is 0 Å². The first kappa shape index (κ1) is 22.1. The highest BCUT2D eigenvalue weighted by molar-refractivity contribution is 7.09. The van der Waals surface area contributed by atoms with Crippen LogP contribution in [0.25, 0.3) is 0 Å². The first-order valence-electron chi connectivity index (χ1n) is 10.2. The Balaban J connectivity index is 1.41. The van der Waals surface area contributed by atoms with Gasteiger partial charge in [-0.1, -0.05) is 30.3 Å². The second-order valence-corrected chi connectivity index (χ2v) is 9.27. The lowest BCUT2D eigenvalue weighted by Gasteiger charge is -2.32. The van der Waals surface area contributed by atoms with E-state index in [1.54, 1.807) is 4.90 Å². The number of carbonyl (C=O) groups is 2. The molecule has 0 spiro atoms. The number of thiazole rings is 1. The Kier molecular flexibility index (Phi) is 7.31. The Hall–Kier alpha value is -2.61. The van der Waals surface area contributed by atoms with Gasteiger partial charge in [-0.2, -0.15) is 0 Å². The number of rotatable bonds is 5. The third-order valence-corrected chi connectivity index (χ3v) is 5.60. The van der Waals surface area contributed by atoms with Gasteiger partial charge < -0.3 is 19.7 Å². The highest BCUT2D eigenvalue weighted by Crippen LogP contribution is 2.29. The maximum absolute atomic E-state index is 12.2. The summed E-state index contributed by atoms with van der Waals surface area (Å²) in [4.78, 5) is 30.5. The summed E-state index contributed by atoms with van der Waals surface area (Å²) in [5.74, 6) is 0.318. The van der Waals surface area contributed by atoms with Crippen LogP contribution in [0.4, 0.5) is 9.59 Å². The number of likely N-dealkylation sites (tertiary alicyclic amines) is 1. The summed E-state index contributed by atoms with van der Waals surface area (Å²) in [6.45, 7) is 7.54. The maximum atomic E-state index is 12.2. The number of hydrogen-bond donors (Lipinski definition) is 1. The third kappa shape index (κ3) is 6.73. The van der Waals surface area contributed by atoms with Crippen LogP contribution >= 0.6 is 11.3 Å². The van der Waals surface area contributed by atoms with Gasteiger partial charge in [0, 0.05) is 24.4 Å². The summed E-state index contributed by atoms with van der Waals surface area (Å²) >= 11 is 1.53. The van der Waals surface area contributed by atoms with Gasteiger partial charge in [-0.25, -0.2) is 14.6 Å². The first-order chi connectivity index (χ1) is 14.3. The minimum atomic E-state index is -0.479. The molecular weight excluding hydrogens is 402 g/mol. The Morgan fingerprint density at radius 3 is 2.57 bits per heavy atom. The lowest BCUT2D eigenvalue weighted by atomic mass is 9.94. The summed E-state index contributed by atoms with van der Waals surface area (Å²) in [5.41, 5.74) is 1.49. The molecule has 3 rings (SSSR count). The van der Waals surface area contributed by atoms with Gasteiger partial charge in [0.15, 0.2) is 0 Å². The fourth-order valence-electron chi connectivity index (χ4n) is 3.20. The minimum Gasteiger partial charge on any atom is -0.445 e. The molecule has 1 fully saturated rings. The molecule has 0 atom stereocenters. The standard InChI is InChI=1S/C22H29N3O4S/c1-22(2,3)29-21(27)25-11-9-17(10-12-25)18-15-30-19(24-18)13-23-20(26)28-14-16-7-5-4-6-8-16/h4-8,15,17H,9-14H2,1-3H3,(H,23,26). The molecule has 2 heterocycles. The molecule has 2 amide bonds. The topological polar surface area (TPSA) is 80.8 Å². The molecule has 30 heavy (non-hydrogen) atoms. The molecule has 0 radical (unpaired) electrons. The van der Waals surface area contributed by atoms with Crippen molar-refractivity contribution in [2.24, 2.45) is 0 Å². The zero-order chi connectivity index (χ0) is 21.6. The van der Waals surface area contributed by atoms with Crippen molar-refractivity contribution in [3.05, 3.63) is 52.0 Å². The van der Waals surface area contributed by atoms with Crippen LogP contribution < -0.4 is 5.32 Å². The van der Waals surface area contributed by atoms with Crippen LogP contribution in [0.2, 0.25) is 0 Å². The van der Waals surface area contributed by atoms with Crippen molar-refractivity contribution in [3.63, 3.8) is 0 Å². The van der Waals surface area contributed by atoms with Crippen LogP contribution in [0.1, 0.15) is 55.8 Å². The summed E-state index contributed by atoms with van der Waals surface area (Å²) < 4.78 is 10.7. The normalized spacial score (nSPS) is 15.0. The Morgan fingerprint density at radius 2 is 1.90 bits per heavy atom. The molecule has 7 nitrogen and oxygen atoms in total. The largest absolute Gasteiger partial charge is 0.445 e. The fraction of sp³-hybridized carbons (Fsp3) is 0.500. The molecule has 0 bridgehead atoms. The summed E-state index contributed by atoms with van der Waals surface area (Å²) in [5, 5.41) is 5.63. The average Bonchev–Trinajstić information content (AvgIpc) is 3.19. The molecule has 1 saturated heterocycles. The van der Waals surface area contributed by atoms with Crippen LogP contribution in [-0.2, 0) is 22.6 Å². The van der Waals surface area contributed by atoms with Gasteiger partial charge in [0.05, 0.1) is 12.2 Å². The molecule has 1 aromatic heterocycles.